The van der Waals surface area contributed by atoms with Crippen LogP contribution in [0.4, 0.5) is 4.39 Å². The van der Waals surface area contributed by atoms with Gasteiger partial charge in [-0.15, -0.1) is 0 Å². The van der Waals surface area contributed by atoms with Gasteiger partial charge in [-0.25, -0.2) is 4.39 Å². The van der Waals surface area contributed by atoms with E-state index in [1.54, 1.807) is 6.07 Å². The van der Waals surface area contributed by atoms with Gasteiger partial charge in [0, 0.05) is 4.47 Å². The van der Waals surface area contributed by atoms with E-state index in [0.717, 1.165) is 16.5 Å². The van der Waals surface area contributed by atoms with Gasteiger partial charge in [-0.3, -0.25) is 0 Å². The summed E-state index contributed by atoms with van der Waals surface area (Å²) >= 11 is 3.21. The first-order valence-corrected chi connectivity index (χ1v) is 3.96. The Bertz CT molecular complexity index is 212. The fraction of sp³-hybridized carbons (Fsp3) is 0.250. The maximum atomic E-state index is 12.6. The molecular formula is C8H8BrF. The molecule has 0 amide bonds. The SMILES string of the molecule is CCc1cc(F)cc(Br)c1. The molecule has 0 nitrogen and oxygen atoms in total. The summed E-state index contributed by atoms with van der Waals surface area (Å²) in [7, 11) is 0. The van der Waals surface area contributed by atoms with Crippen molar-refractivity contribution in [1.82, 2.24) is 0 Å². The van der Waals surface area contributed by atoms with Gasteiger partial charge in [-0.2, -0.15) is 0 Å². The van der Waals surface area contributed by atoms with E-state index >= 15 is 0 Å². The average molecular weight is 203 g/mol. The van der Waals surface area contributed by atoms with Crippen molar-refractivity contribution >= 4 is 15.9 Å². The molecule has 0 spiro atoms. The Kier molecular flexibility index (Phi) is 2.44. The minimum atomic E-state index is -0.175. The van der Waals surface area contributed by atoms with Crippen LogP contribution in [0.5, 0.6) is 0 Å². The third-order valence-electron chi connectivity index (χ3n) is 1.33. The van der Waals surface area contributed by atoms with Gasteiger partial charge in [0.2, 0.25) is 0 Å². The van der Waals surface area contributed by atoms with Crippen LogP contribution in [0.1, 0.15) is 12.5 Å². The molecule has 0 fully saturated rings. The van der Waals surface area contributed by atoms with E-state index < -0.39 is 0 Å². The minimum absolute atomic E-state index is 0.175. The topological polar surface area (TPSA) is 0 Å². The summed E-state index contributed by atoms with van der Waals surface area (Å²) in [5.74, 6) is -0.175. The summed E-state index contributed by atoms with van der Waals surface area (Å²) in [5, 5.41) is 0. The number of benzene rings is 1. The predicted molar refractivity (Wildman–Crippen MR) is 43.5 cm³/mol. The van der Waals surface area contributed by atoms with E-state index in [2.05, 4.69) is 15.9 Å². The van der Waals surface area contributed by atoms with Crippen LogP contribution >= 0.6 is 15.9 Å². The molecule has 0 aliphatic heterocycles. The van der Waals surface area contributed by atoms with Crippen LogP contribution in [0.25, 0.3) is 0 Å². The third-order valence-corrected chi connectivity index (χ3v) is 1.79. The highest BCUT2D eigenvalue weighted by Crippen LogP contribution is 2.14. The molecule has 0 radical (unpaired) electrons. The molecule has 0 aliphatic carbocycles. The average Bonchev–Trinajstić information content (AvgIpc) is 1.85. The summed E-state index contributed by atoms with van der Waals surface area (Å²) < 4.78 is 13.4. The Morgan fingerprint density at radius 2 is 2.10 bits per heavy atom. The molecule has 1 aromatic carbocycles. The first kappa shape index (κ1) is 7.73. The van der Waals surface area contributed by atoms with E-state index in [9.17, 15) is 4.39 Å². The zero-order chi connectivity index (χ0) is 7.56. The van der Waals surface area contributed by atoms with E-state index in [1.807, 2.05) is 13.0 Å². The van der Waals surface area contributed by atoms with E-state index in [1.165, 1.54) is 6.07 Å². The molecule has 1 aromatic rings. The fourth-order valence-electron chi connectivity index (χ4n) is 0.815. The van der Waals surface area contributed by atoms with Crippen molar-refractivity contribution < 1.29 is 4.39 Å². The second kappa shape index (κ2) is 3.15. The fourth-order valence-corrected chi connectivity index (χ4v) is 1.33. The van der Waals surface area contributed by atoms with Gasteiger partial charge in [-0.05, 0) is 30.2 Å². The molecule has 0 N–H and O–H groups in total. The number of halogens is 2. The molecule has 10 heavy (non-hydrogen) atoms. The lowest BCUT2D eigenvalue weighted by Crippen LogP contribution is -1.81. The molecule has 0 unspecified atom stereocenters. The first-order chi connectivity index (χ1) is 4.72. The lowest BCUT2D eigenvalue weighted by Gasteiger charge is -1.96. The first-order valence-electron chi connectivity index (χ1n) is 3.17. The normalized spacial score (nSPS) is 9.90. The van der Waals surface area contributed by atoms with Crippen LogP contribution in [0.3, 0.4) is 0 Å². The van der Waals surface area contributed by atoms with Crippen LogP contribution in [-0.2, 0) is 6.42 Å². The Labute approximate surface area is 68.2 Å². The highest BCUT2D eigenvalue weighted by atomic mass is 79.9. The standard InChI is InChI=1S/C8H8BrF/c1-2-6-3-7(9)5-8(10)4-6/h3-5H,2H2,1H3. The van der Waals surface area contributed by atoms with Gasteiger partial charge in [-0.1, -0.05) is 22.9 Å². The summed E-state index contributed by atoms with van der Waals surface area (Å²) in [5.41, 5.74) is 1.02. The van der Waals surface area contributed by atoms with Crippen molar-refractivity contribution in [2.24, 2.45) is 0 Å². The molecule has 0 heterocycles. The van der Waals surface area contributed by atoms with E-state index in [-0.39, 0.29) is 5.82 Å². The van der Waals surface area contributed by atoms with Crippen LogP contribution in [0.15, 0.2) is 22.7 Å². The molecule has 0 saturated carbocycles. The smallest absolute Gasteiger partial charge is 0.124 e. The lowest BCUT2D eigenvalue weighted by molar-refractivity contribution is 0.625. The van der Waals surface area contributed by atoms with Gasteiger partial charge in [0.1, 0.15) is 5.82 Å². The van der Waals surface area contributed by atoms with Crippen molar-refractivity contribution in [3.63, 3.8) is 0 Å². The summed E-state index contributed by atoms with van der Waals surface area (Å²) in [6, 6.07) is 4.92. The molecule has 0 aliphatic rings. The number of rotatable bonds is 1. The molecule has 1 rings (SSSR count). The largest absolute Gasteiger partial charge is 0.207 e. The Hall–Kier alpha value is -0.370. The summed E-state index contributed by atoms with van der Waals surface area (Å²) in [4.78, 5) is 0. The Morgan fingerprint density at radius 1 is 1.40 bits per heavy atom. The molecule has 0 saturated heterocycles. The van der Waals surface area contributed by atoms with Gasteiger partial charge >= 0.3 is 0 Å². The van der Waals surface area contributed by atoms with Crippen molar-refractivity contribution in [2.45, 2.75) is 13.3 Å². The van der Waals surface area contributed by atoms with Gasteiger partial charge in [0.05, 0.1) is 0 Å². The van der Waals surface area contributed by atoms with Crippen LogP contribution in [0.2, 0.25) is 0 Å². The van der Waals surface area contributed by atoms with Crippen molar-refractivity contribution in [1.29, 1.82) is 0 Å². The number of hydrogen-bond acceptors (Lipinski definition) is 0. The molecule has 0 bridgehead atoms. The van der Waals surface area contributed by atoms with E-state index in [4.69, 9.17) is 0 Å². The lowest BCUT2D eigenvalue weighted by atomic mass is 10.2. The Balaban J connectivity index is 3.06. The monoisotopic (exact) mass is 202 g/mol. The van der Waals surface area contributed by atoms with Crippen molar-refractivity contribution in [3.8, 4) is 0 Å². The maximum Gasteiger partial charge on any atom is 0.124 e. The van der Waals surface area contributed by atoms with Crippen molar-refractivity contribution in [2.75, 3.05) is 0 Å². The zero-order valence-corrected chi connectivity index (χ0v) is 7.28. The predicted octanol–water partition coefficient (Wildman–Crippen LogP) is 3.15. The molecule has 0 aromatic heterocycles. The zero-order valence-electron chi connectivity index (χ0n) is 5.70. The van der Waals surface area contributed by atoms with Crippen molar-refractivity contribution in [3.05, 3.63) is 34.1 Å². The molecule has 2 heteroatoms. The quantitative estimate of drug-likeness (QED) is 0.657. The highest BCUT2D eigenvalue weighted by Gasteiger charge is 1.95. The van der Waals surface area contributed by atoms with E-state index in [0.29, 0.717) is 0 Å². The Morgan fingerprint density at radius 3 is 2.60 bits per heavy atom. The van der Waals surface area contributed by atoms with Crippen LogP contribution in [0, 0.1) is 5.82 Å². The van der Waals surface area contributed by atoms with Gasteiger partial charge < -0.3 is 0 Å². The third kappa shape index (κ3) is 1.81. The minimum Gasteiger partial charge on any atom is -0.207 e. The molecule has 0 atom stereocenters. The summed E-state index contributed by atoms with van der Waals surface area (Å²) in [6.45, 7) is 2.00. The van der Waals surface area contributed by atoms with Gasteiger partial charge in [0.25, 0.3) is 0 Å². The van der Waals surface area contributed by atoms with Crippen LogP contribution < -0.4 is 0 Å². The maximum absolute atomic E-state index is 12.6. The second-order valence-electron chi connectivity index (χ2n) is 2.13. The molecular weight excluding hydrogens is 195 g/mol. The number of hydrogen-bond donors (Lipinski definition) is 0. The molecule has 54 valence electrons. The highest BCUT2D eigenvalue weighted by molar-refractivity contribution is 9.10. The van der Waals surface area contributed by atoms with Gasteiger partial charge in [0.15, 0.2) is 0 Å². The van der Waals surface area contributed by atoms with Crippen LogP contribution in [-0.4, -0.2) is 0 Å². The second-order valence-corrected chi connectivity index (χ2v) is 3.05. The summed E-state index contributed by atoms with van der Waals surface area (Å²) in [6.07, 6.45) is 0.871. The number of aryl methyl sites for hydroxylation is 1.